The van der Waals surface area contributed by atoms with Crippen molar-refractivity contribution >= 4 is 0 Å². The Kier molecular flexibility index (Phi) is 6.41. The highest BCUT2D eigenvalue weighted by molar-refractivity contribution is 5.01. The summed E-state index contributed by atoms with van der Waals surface area (Å²) in [7, 11) is 0. The largest absolute Gasteiger partial charge is 0.394 e. The van der Waals surface area contributed by atoms with E-state index < -0.39 is 6.10 Å². The zero-order valence-electron chi connectivity index (χ0n) is 11.1. The van der Waals surface area contributed by atoms with Crippen LogP contribution in [0.25, 0.3) is 0 Å². The van der Waals surface area contributed by atoms with Crippen LogP contribution in [0, 0.1) is 5.92 Å². The van der Waals surface area contributed by atoms with Gasteiger partial charge in [-0.2, -0.15) is 0 Å². The van der Waals surface area contributed by atoms with Crippen molar-refractivity contribution in [3.8, 4) is 0 Å². The Morgan fingerprint density at radius 3 is 2.59 bits per heavy atom. The molecule has 102 valence electrons. The molecule has 1 atom stereocenters. The van der Waals surface area contributed by atoms with Crippen molar-refractivity contribution in [1.29, 1.82) is 0 Å². The van der Waals surface area contributed by atoms with Crippen LogP contribution in [0.1, 0.15) is 39.5 Å². The first kappa shape index (κ1) is 14.9. The molecule has 3 N–H and O–H groups in total. The van der Waals surface area contributed by atoms with Gasteiger partial charge < -0.3 is 20.3 Å². The molecular formula is C13H27NO3. The lowest BCUT2D eigenvalue weighted by Crippen LogP contribution is -2.41. The zero-order chi connectivity index (χ0) is 12.7. The van der Waals surface area contributed by atoms with E-state index in [0.29, 0.717) is 19.1 Å². The normalized spacial score (nSPS) is 19.6. The molecule has 0 aromatic heterocycles. The summed E-state index contributed by atoms with van der Waals surface area (Å²) in [4.78, 5) is 0. The highest BCUT2D eigenvalue weighted by atomic mass is 16.5. The van der Waals surface area contributed by atoms with Crippen LogP contribution in [-0.4, -0.2) is 48.2 Å². The number of nitrogens with one attached hydrogen (secondary N) is 1. The van der Waals surface area contributed by atoms with E-state index >= 15 is 0 Å². The van der Waals surface area contributed by atoms with E-state index in [1.807, 2.05) is 0 Å². The molecule has 0 bridgehead atoms. The van der Waals surface area contributed by atoms with Crippen LogP contribution < -0.4 is 5.32 Å². The molecule has 1 rings (SSSR count). The summed E-state index contributed by atoms with van der Waals surface area (Å²) >= 11 is 0. The fraction of sp³-hybridized carbons (Fsp3) is 1.00. The minimum absolute atomic E-state index is 0.0986. The Hall–Kier alpha value is -0.160. The Morgan fingerprint density at radius 1 is 1.35 bits per heavy atom. The van der Waals surface area contributed by atoms with Gasteiger partial charge in [0.05, 0.1) is 19.3 Å². The van der Waals surface area contributed by atoms with E-state index in [1.54, 1.807) is 0 Å². The fourth-order valence-corrected chi connectivity index (χ4v) is 1.75. The Bertz CT molecular complexity index is 205. The van der Waals surface area contributed by atoms with Crippen molar-refractivity contribution in [2.75, 3.05) is 26.4 Å². The summed E-state index contributed by atoms with van der Waals surface area (Å²) in [5.74, 6) is 0.712. The van der Waals surface area contributed by atoms with Crippen LogP contribution in [0.4, 0.5) is 0 Å². The summed E-state index contributed by atoms with van der Waals surface area (Å²) in [5.41, 5.74) is -0.0986. The molecule has 0 aliphatic heterocycles. The quantitative estimate of drug-likeness (QED) is 0.501. The predicted octanol–water partition coefficient (Wildman–Crippen LogP) is 0.915. The van der Waals surface area contributed by atoms with Crippen LogP contribution in [-0.2, 0) is 4.74 Å². The monoisotopic (exact) mass is 245 g/mol. The highest BCUT2D eigenvalue weighted by Gasteiger charge is 2.41. The molecule has 0 radical (unpaired) electrons. The third kappa shape index (κ3) is 6.36. The van der Waals surface area contributed by atoms with Crippen molar-refractivity contribution in [2.45, 2.75) is 51.2 Å². The van der Waals surface area contributed by atoms with Crippen molar-refractivity contribution < 1.29 is 14.9 Å². The second kappa shape index (κ2) is 7.31. The van der Waals surface area contributed by atoms with Gasteiger partial charge in [-0.3, -0.25) is 0 Å². The molecule has 1 saturated carbocycles. The number of β-amino-alcohol motifs (C(OH)–C–C–N with tert-alkyl or cyclic N) is 1. The Balaban J connectivity index is 1.92. The van der Waals surface area contributed by atoms with Crippen LogP contribution in [0.5, 0.6) is 0 Å². The standard InChI is InChI=1S/C13H27NO3/c1-11(2)4-3-7-17-9-12(16)8-14-13(10-15)5-6-13/h11-12,14-16H,3-10H2,1-2H3. The maximum atomic E-state index is 9.68. The maximum absolute atomic E-state index is 9.68. The third-order valence-corrected chi connectivity index (χ3v) is 3.25. The first-order valence-corrected chi connectivity index (χ1v) is 6.70. The number of rotatable bonds is 10. The van der Waals surface area contributed by atoms with Gasteiger partial charge in [0.15, 0.2) is 0 Å². The molecule has 0 heterocycles. The lowest BCUT2D eigenvalue weighted by atomic mass is 10.1. The molecule has 1 aliphatic carbocycles. The van der Waals surface area contributed by atoms with Gasteiger partial charge in [-0.15, -0.1) is 0 Å². The van der Waals surface area contributed by atoms with E-state index in [1.165, 1.54) is 6.42 Å². The lowest BCUT2D eigenvalue weighted by Gasteiger charge is -2.17. The third-order valence-electron chi connectivity index (χ3n) is 3.25. The van der Waals surface area contributed by atoms with Crippen molar-refractivity contribution in [3.63, 3.8) is 0 Å². The average molecular weight is 245 g/mol. The second-order valence-corrected chi connectivity index (χ2v) is 5.58. The van der Waals surface area contributed by atoms with Crippen LogP contribution in [0.2, 0.25) is 0 Å². The number of aliphatic hydroxyl groups excluding tert-OH is 2. The minimum Gasteiger partial charge on any atom is -0.394 e. The molecule has 4 heteroatoms. The molecule has 4 nitrogen and oxygen atoms in total. The summed E-state index contributed by atoms with van der Waals surface area (Å²) < 4.78 is 5.41. The molecule has 0 saturated heterocycles. The summed E-state index contributed by atoms with van der Waals surface area (Å²) in [6, 6.07) is 0. The van der Waals surface area contributed by atoms with Crippen LogP contribution >= 0.6 is 0 Å². The van der Waals surface area contributed by atoms with E-state index in [0.717, 1.165) is 25.9 Å². The SMILES string of the molecule is CC(C)CCCOCC(O)CNC1(CO)CC1. The van der Waals surface area contributed by atoms with E-state index in [4.69, 9.17) is 9.84 Å². The van der Waals surface area contributed by atoms with Gasteiger partial charge in [-0.1, -0.05) is 13.8 Å². The molecule has 0 aromatic carbocycles. The van der Waals surface area contributed by atoms with Gasteiger partial charge in [0.1, 0.15) is 0 Å². The number of aliphatic hydroxyl groups is 2. The molecule has 0 spiro atoms. The van der Waals surface area contributed by atoms with E-state index in [-0.39, 0.29) is 12.1 Å². The molecule has 17 heavy (non-hydrogen) atoms. The van der Waals surface area contributed by atoms with Gasteiger partial charge in [0, 0.05) is 18.7 Å². The number of ether oxygens (including phenoxy) is 1. The average Bonchev–Trinajstić information content (AvgIpc) is 3.06. The van der Waals surface area contributed by atoms with Crippen LogP contribution in [0.3, 0.4) is 0 Å². The van der Waals surface area contributed by atoms with Crippen molar-refractivity contribution in [2.24, 2.45) is 5.92 Å². The first-order valence-electron chi connectivity index (χ1n) is 6.70. The smallest absolute Gasteiger partial charge is 0.0897 e. The van der Waals surface area contributed by atoms with E-state index in [9.17, 15) is 5.11 Å². The van der Waals surface area contributed by atoms with Crippen molar-refractivity contribution in [3.05, 3.63) is 0 Å². The minimum atomic E-state index is -0.474. The first-order chi connectivity index (χ1) is 8.08. The Morgan fingerprint density at radius 2 is 2.06 bits per heavy atom. The van der Waals surface area contributed by atoms with Gasteiger partial charge >= 0.3 is 0 Å². The second-order valence-electron chi connectivity index (χ2n) is 5.58. The molecule has 1 fully saturated rings. The molecule has 0 aromatic rings. The predicted molar refractivity (Wildman–Crippen MR) is 68.0 cm³/mol. The van der Waals surface area contributed by atoms with Crippen LogP contribution in [0.15, 0.2) is 0 Å². The van der Waals surface area contributed by atoms with E-state index in [2.05, 4.69) is 19.2 Å². The summed E-state index contributed by atoms with van der Waals surface area (Å²) in [6.45, 7) is 6.16. The van der Waals surface area contributed by atoms with Gasteiger partial charge in [-0.05, 0) is 31.6 Å². The fourth-order valence-electron chi connectivity index (χ4n) is 1.75. The maximum Gasteiger partial charge on any atom is 0.0897 e. The number of hydrogen-bond donors (Lipinski definition) is 3. The highest BCUT2D eigenvalue weighted by Crippen LogP contribution is 2.34. The van der Waals surface area contributed by atoms with Crippen molar-refractivity contribution in [1.82, 2.24) is 5.32 Å². The summed E-state index contributed by atoms with van der Waals surface area (Å²) in [6.07, 6.45) is 3.76. The van der Waals surface area contributed by atoms with Gasteiger partial charge in [-0.25, -0.2) is 0 Å². The lowest BCUT2D eigenvalue weighted by molar-refractivity contribution is 0.0316. The molecule has 1 aliphatic rings. The molecule has 0 amide bonds. The molecular weight excluding hydrogens is 218 g/mol. The molecule has 1 unspecified atom stereocenters. The topological polar surface area (TPSA) is 61.7 Å². The van der Waals surface area contributed by atoms with Gasteiger partial charge in [0.25, 0.3) is 0 Å². The Labute approximate surface area is 104 Å². The zero-order valence-corrected chi connectivity index (χ0v) is 11.1. The van der Waals surface area contributed by atoms with Gasteiger partial charge in [0.2, 0.25) is 0 Å². The number of hydrogen-bond acceptors (Lipinski definition) is 4. The summed E-state index contributed by atoms with van der Waals surface area (Å²) in [5, 5.41) is 22.0.